The number of aliphatic hydroxyl groups excluding tert-OH is 1. The van der Waals surface area contributed by atoms with Crippen LogP contribution in [0.2, 0.25) is 0 Å². The largest absolute Gasteiger partial charge is 0.396 e. The Labute approximate surface area is 89.9 Å². The Morgan fingerprint density at radius 3 is 3.27 bits per heavy atom. The van der Waals surface area contributed by atoms with E-state index in [1.165, 1.54) is 12.8 Å². The molecule has 0 amide bonds. The Morgan fingerprint density at radius 2 is 2.53 bits per heavy atom. The normalized spacial score (nSPS) is 23.1. The molecule has 2 heterocycles. The molecule has 0 radical (unpaired) electrons. The molecule has 1 aromatic rings. The number of rotatable bonds is 4. The predicted molar refractivity (Wildman–Crippen MR) is 56.2 cm³/mol. The fourth-order valence-electron chi connectivity index (χ4n) is 2.26. The molecule has 1 aliphatic rings. The molecule has 1 saturated heterocycles. The number of nitrogens with zero attached hydrogens (tertiary/aromatic N) is 2. The van der Waals surface area contributed by atoms with Crippen molar-refractivity contribution in [3.05, 3.63) is 18.0 Å². The molecule has 1 N–H and O–H groups in total. The van der Waals surface area contributed by atoms with E-state index in [9.17, 15) is 0 Å². The second-order valence-corrected chi connectivity index (χ2v) is 4.23. The lowest BCUT2D eigenvalue weighted by Crippen LogP contribution is -2.35. The summed E-state index contributed by atoms with van der Waals surface area (Å²) in [6, 6.07) is 1.91. The summed E-state index contributed by atoms with van der Waals surface area (Å²) < 4.78 is 5.09. The molecule has 2 rings (SSSR count). The van der Waals surface area contributed by atoms with Gasteiger partial charge >= 0.3 is 0 Å². The minimum Gasteiger partial charge on any atom is -0.396 e. The molecule has 0 saturated carbocycles. The van der Waals surface area contributed by atoms with Gasteiger partial charge in [-0.25, -0.2) is 0 Å². The van der Waals surface area contributed by atoms with Crippen molar-refractivity contribution in [3.8, 4) is 0 Å². The summed E-state index contributed by atoms with van der Waals surface area (Å²) in [5.41, 5.74) is 0. The molecule has 0 aromatic carbocycles. The quantitative estimate of drug-likeness (QED) is 0.813. The maximum Gasteiger partial charge on any atom is 0.150 e. The van der Waals surface area contributed by atoms with Crippen molar-refractivity contribution in [2.45, 2.75) is 25.8 Å². The van der Waals surface area contributed by atoms with Gasteiger partial charge in [0.25, 0.3) is 0 Å². The molecular weight excluding hydrogens is 192 g/mol. The van der Waals surface area contributed by atoms with Crippen LogP contribution in [-0.2, 0) is 6.54 Å². The fourth-order valence-corrected chi connectivity index (χ4v) is 2.26. The Morgan fingerprint density at radius 1 is 1.60 bits per heavy atom. The van der Waals surface area contributed by atoms with Gasteiger partial charge < -0.3 is 9.63 Å². The van der Waals surface area contributed by atoms with Gasteiger partial charge in [-0.3, -0.25) is 4.90 Å². The van der Waals surface area contributed by atoms with E-state index in [2.05, 4.69) is 10.1 Å². The van der Waals surface area contributed by atoms with Crippen molar-refractivity contribution in [3.63, 3.8) is 0 Å². The van der Waals surface area contributed by atoms with Gasteiger partial charge in [-0.2, -0.15) is 0 Å². The third-order valence-electron chi connectivity index (χ3n) is 3.01. The summed E-state index contributed by atoms with van der Waals surface area (Å²) in [5.74, 6) is 1.58. The number of aromatic nitrogens is 1. The summed E-state index contributed by atoms with van der Waals surface area (Å²) in [6.45, 7) is 3.35. The van der Waals surface area contributed by atoms with Gasteiger partial charge in [0.1, 0.15) is 0 Å². The van der Waals surface area contributed by atoms with Gasteiger partial charge in [0, 0.05) is 19.2 Å². The van der Waals surface area contributed by atoms with Gasteiger partial charge in [-0.15, -0.1) is 0 Å². The second kappa shape index (κ2) is 5.28. The lowest BCUT2D eigenvalue weighted by Gasteiger charge is -2.31. The van der Waals surface area contributed by atoms with Crippen LogP contribution in [0.3, 0.4) is 0 Å². The molecule has 1 aromatic heterocycles. The summed E-state index contributed by atoms with van der Waals surface area (Å²) >= 11 is 0. The van der Waals surface area contributed by atoms with E-state index in [0.29, 0.717) is 12.5 Å². The Balaban J connectivity index is 1.82. The van der Waals surface area contributed by atoms with Crippen LogP contribution in [0.25, 0.3) is 0 Å². The topological polar surface area (TPSA) is 49.5 Å². The predicted octanol–water partition coefficient (Wildman–Crippen LogP) is 1.27. The second-order valence-electron chi connectivity index (χ2n) is 4.23. The average Bonchev–Trinajstić information content (AvgIpc) is 2.71. The smallest absolute Gasteiger partial charge is 0.150 e. The van der Waals surface area contributed by atoms with Gasteiger partial charge in [-0.05, 0) is 31.7 Å². The summed E-state index contributed by atoms with van der Waals surface area (Å²) in [4.78, 5) is 2.38. The van der Waals surface area contributed by atoms with Crippen molar-refractivity contribution >= 4 is 0 Å². The van der Waals surface area contributed by atoms with E-state index in [1.807, 2.05) is 6.07 Å². The van der Waals surface area contributed by atoms with Crippen LogP contribution in [0.1, 0.15) is 25.0 Å². The van der Waals surface area contributed by atoms with Crippen LogP contribution in [0.4, 0.5) is 0 Å². The maximum absolute atomic E-state index is 8.91. The van der Waals surface area contributed by atoms with Gasteiger partial charge in [0.05, 0.1) is 12.7 Å². The highest BCUT2D eigenvalue weighted by molar-refractivity contribution is 4.93. The summed E-state index contributed by atoms with van der Waals surface area (Å²) in [5, 5.41) is 12.6. The number of likely N-dealkylation sites (tertiary alicyclic amines) is 1. The standard InChI is InChI=1S/C11H18N2O2/c14-7-4-10-2-1-6-13(8-10)9-11-3-5-12-15-11/h3,5,10,14H,1-2,4,6-9H2. The van der Waals surface area contributed by atoms with Crippen molar-refractivity contribution in [2.24, 2.45) is 5.92 Å². The molecule has 1 aliphatic heterocycles. The summed E-state index contributed by atoms with van der Waals surface area (Å²) in [6.07, 6.45) is 5.07. The van der Waals surface area contributed by atoms with Crippen LogP contribution in [0.5, 0.6) is 0 Å². The van der Waals surface area contributed by atoms with E-state index < -0.39 is 0 Å². The average molecular weight is 210 g/mol. The minimum atomic E-state index is 0.306. The highest BCUT2D eigenvalue weighted by Gasteiger charge is 2.20. The van der Waals surface area contributed by atoms with Crippen molar-refractivity contribution in [2.75, 3.05) is 19.7 Å². The van der Waals surface area contributed by atoms with Crippen LogP contribution < -0.4 is 0 Å². The molecule has 1 unspecified atom stereocenters. The van der Waals surface area contributed by atoms with E-state index in [0.717, 1.165) is 31.8 Å². The molecule has 84 valence electrons. The molecular formula is C11H18N2O2. The van der Waals surface area contributed by atoms with Crippen LogP contribution in [-0.4, -0.2) is 34.9 Å². The maximum atomic E-state index is 8.91. The number of hydrogen-bond donors (Lipinski definition) is 1. The van der Waals surface area contributed by atoms with Crippen LogP contribution in [0, 0.1) is 5.92 Å². The lowest BCUT2D eigenvalue weighted by molar-refractivity contribution is 0.132. The molecule has 4 nitrogen and oxygen atoms in total. The molecule has 1 atom stereocenters. The van der Waals surface area contributed by atoms with Crippen molar-refractivity contribution in [1.82, 2.24) is 10.1 Å². The highest BCUT2D eigenvalue weighted by atomic mass is 16.5. The van der Waals surface area contributed by atoms with E-state index in [1.54, 1.807) is 6.20 Å². The van der Waals surface area contributed by atoms with Gasteiger partial charge in [-0.1, -0.05) is 5.16 Å². The third-order valence-corrected chi connectivity index (χ3v) is 3.01. The number of piperidine rings is 1. The zero-order chi connectivity index (χ0) is 10.5. The van der Waals surface area contributed by atoms with Crippen LogP contribution in [0.15, 0.2) is 16.8 Å². The molecule has 0 aliphatic carbocycles. The zero-order valence-corrected chi connectivity index (χ0v) is 8.93. The SMILES string of the molecule is OCCC1CCCN(Cc2ccno2)C1. The molecule has 4 heteroatoms. The first kappa shape index (κ1) is 10.6. The third kappa shape index (κ3) is 3.04. The monoisotopic (exact) mass is 210 g/mol. The van der Waals surface area contributed by atoms with Gasteiger partial charge in [0.2, 0.25) is 0 Å². The van der Waals surface area contributed by atoms with Crippen molar-refractivity contribution in [1.29, 1.82) is 0 Å². The Kier molecular flexibility index (Phi) is 3.75. The minimum absolute atomic E-state index is 0.306. The Bertz CT molecular complexity index is 272. The van der Waals surface area contributed by atoms with Gasteiger partial charge in [0.15, 0.2) is 5.76 Å². The van der Waals surface area contributed by atoms with E-state index in [4.69, 9.17) is 9.63 Å². The van der Waals surface area contributed by atoms with Crippen LogP contribution >= 0.6 is 0 Å². The lowest BCUT2D eigenvalue weighted by atomic mass is 9.95. The molecule has 0 spiro atoms. The highest BCUT2D eigenvalue weighted by Crippen LogP contribution is 2.20. The molecule has 15 heavy (non-hydrogen) atoms. The number of hydrogen-bond acceptors (Lipinski definition) is 4. The first-order chi connectivity index (χ1) is 7.38. The number of aliphatic hydroxyl groups is 1. The molecule has 1 fully saturated rings. The van der Waals surface area contributed by atoms with E-state index in [-0.39, 0.29) is 0 Å². The molecule has 0 bridgehead atoms. The Hall–Kier alpha value is -0.870. The van der Waals surface area contributed by atoms with E-state index >= 15 is 0 Å². The van der Waals surface area contributed by atoms with Crippen molar-refractivity contribution < 1.29 is 9.63 Å². The zero-order valence-electron chi connectivity index (χ0n) is 8.93. The first-order valence-corrected chi connectivity index (χ1v) is 5.61. The first-order valence-electron chi connectivity index (χ1n) is 5.61. The fraction of sp³-hybridized carbons (Fsp3) is 0.727. The summed E-state index contributed by atoms with van der Waals surface area (Å²) in [7, 11) is 0.